The normalized spacial score (nSPS) is 10.1. The van der Waals surface area contributed by atoms with Gasteiger partial charge in [-0.15, -0.1) is 0 Å². The molecule has 32 heavy (non-hydrogen) atoms. The molecule has 0 fully saturated rings. The molecule has 0 aliphatic heterocycles. The first-order valence-electron chi connectivity index (χ1n) is 9.82. The summed E-state index contributed by atoms with van der Waals surface area (Å²) in [6, 6.07) is 21.4. The van der Waals surface area contributed by atoms with Crippen LogP contribution in [-0.4, -0.2) is 24.2 Å². The topological polar surface area (TPSA) is 116 Å². The molecular weight excluding hydrogens is 428 g/mol. The van der Waals surface area contributed by atoms with Crippen LogP contribution < -0.4 is 20.9 Å². The minimum Gasteiger partial charge on any atom is -0.486 e. The summed E-state index contributed by atoms with van der Waals surface area (Å²) in [5, 5.41) is 11.7. The van der Waals surface area contributed by atoms with Crippen molar-refractivity contribution >= 4 is 23.7 Å². The zero-order chi connectivity index (χ0) is 22.6. The van der Waals surface area contributed by atoms with Crippen LogP contribution in [0.3, 0.4) is 0 Å². The molecule has 1 heterocycles. The van der Waals surface area contributed by atoms with E-state index in [0.29, 0.717) is 35.1 Å². The van der Waals surface area contributed by atoms with E-state index in [9.17, 15) is 9.59 Å². The second kappa shape index (κ2) is 12.1. The first-order chi connectivity index (χ1) is 15.7. The van der Waals surface area contributed by atoms with Crippen LogP contribution >= 0.6 is 11.8 Å². The summed E-state index contributed by atoms with van der Waals surface area (Å²) in [5.74, 6) is 2.00. The molecule has 3 aromatic rings. The number of benzene rings is 2. The van der Waals surface area contributed by atoms with E-state index in [0.717, 1.165) is 5.56 Å². The highest BCUT2D eigenvalue weighted by molar-refractivity contribution is 7.98. The lowest BCUT2D eigenvalue weighted by atomic mass is 10.1. The molecule has 3 amide bonds. The van der Waals surface area contributed by atoms with E-state index in [1.165, 1.54) is 6.07 Å². The van der Waals surface area contributed by atoms with Gasteiger partial charge < -0.3 is 14.5 Å². The Bertz CT molecular complexity index is 1080. The fraction of sp³-hybridized carbons (Fsp3) is 0.174. The molecule has 0 spiro atoms. The number of thioether (sulfide) groups is 1. The highest BCUT2D eigenvalue weighted by Crippen LogP contribution is 2.16. The molecule has 0 aliphatic rings. The van der Waals surface area contributed by atoms with Gasteiger partial charge in [0.15, 0.2) is 5.76 Å². The van der Waals surface area contributed by atoms with E-state index in [1.54, 1.807) is 23.9 Å². The van der Waals surface area contributed by atoms with E-state index in [4.69, 9.17) is 14.4 Å². The van der Waals surface area contributed by atoms with Crippen LogP contribution in [0.1, 0.15) is 27.4 Å². The zero-order valence-electron chi connectivity index (χ0n) is 17.2. The SMILES string of the molecule is N#Cc1ccccc1CSCCNC(=O)NNC(=O)c1ccc(COc2ccccc2)o1. The Morgan fingerprint density at radius 1 is 1.00 bits per heavy atom. The van der Waals surface area contributed by atoms with Gasteiger partial charge in [0, 0.05) is 18.1 Å². The van der Waals surface area contributed by atoms with Crippen molar-refractivity contribution < 1.29 is 18.7 Å². The summed E-state index contributed by atoms with van der Waals surface area (Å²) in [6.07, 6.45) is 0. The number of para-hydroxylation sites is 1. The number of nitrogens with one attached hydrogen (secondary N) is 3. The van der Waals surface area contributed by atoms with Crippen LogP contribution in [0.15, 0.2) is 71.1 Å². The number of carbonyl (C=O) groups excluding carboxylic acids is 2. The summed E-state index contributed by atoms with van der Waals surface area (Å²) >= 11 is 1.60. The summed E-state index contributed by atoms with van der Waals surface area (Å²) < 4.78 is 11.0. The van der Waals surface area contributed by atoms with Crippen LogP contribution in [-0.2, 0) is 12.4 Å². The Morgan fingerprint density at radius 2 is 1.78 bits per heavy atom. The summed E-state index contributed by atoms with van der Waals surface area (Å²) in [4.78, 5) is 23.9. The smallest absolute Gasteiger partial charge is 0.333 e. The lowest BCUT2D eigenvalue weighted by Crippen LogP contribution is -2.47. The zero-order valence-corrected chi connectivity index (χ0v) is 18.0. The highest BCUT2D eigenvalue weighted by atomic mass is 32.2. The first-order valence-corrected chi connectivity index (χ1v) is 11.0. The second-order valence-corrected chi connectivity index (χ2v) is 7.63. The first kappa shape index (κ1) is 22.8. The van der Waals surface area contributed by atoms with Crippen molar-refractivity contribution in [3.8, 4) is 11.8 Å². The van der Waals surface area contributed by atoms with Crippen LogP contribution in [0.4, 0.5) is 4.79 Å². The number of furan rings is 1. The van der Waals surface area contributed by atoms with Gasteiger partial charge in [-0.05, 0) is 35.9 Å². The Balaban J connectivity index is 1.31. The summed E-state index contributed by atoms with van der Waals surface area (Å²) in [7, 11) is 0. The van der Waals surface area contributed by atoms with Crippen LogP contribution in [0.2, 0.25) is 0 Å². The lowest BCUT2D eigenvalue weighted by molar-refractivity contribution is 0.0904. The molecule has 0 aliphatic carbocycles. The Hall–Kier alpha value is -3.90. The molecule has 0 saturated heterocycles. The van der Waals surface area contributed by atoms with Crippen LogP contribution in [0.25, 0.3) is 0 Å². The molecule has 0 saturated carbocycles. The van der Waals surface area contributed by atoms with Crippen molar-refractivity contribution in [2.24, 2.45) is 0 Å². The molecule has 164 valence electrons. The van der Waals surface area contributed by atoms with Crippen LogP contribution in [0, 0.1) is 11.3 Å². The summed E-state index contributed by atoms with van der Waals surface area (Å²) in [5.41, 5.74) is 6.19. The van der Waals surface area contributed by atoms with Crippen molar-refractivity contribution in [3.63, 3.8) is 0 Å². The maximum atomic E-state index is 12.1. The molecule has 0 unspecified atom stereocenters. The number of ether oxygens (including phenoxy) is 1. The molecule has 0 bridgehead atoms. The van der Waals surface area contributed by atoms with E-state index < -0.39 is 11.9 Å². The molecule has 3 rings (SSSR count). The van der Waals surface area contributed by atoms with Gasteiger partial charge in [-0.2, -0.15) is 17.0 Å². The molecule has 3 N–H and O–H groups in total. The van der Waals surface area contributed by atoms with Gasteiger partial charge >= 0.3 is 11.9 Å². The Labute approximate surface area is 189 Å². The maximum absolute atomic E-state index is 12.1. The third kappa shape index (κ3) is 7.11. The van der Waals surface area contributed by atoms with E-state index in [-0.39, 0.29) is 12.4 Å². The van der Waals surface area contributed by atoms with Crippen molar-refractivity contribution in [1.29, 1.82) is 5.26 Å². The number of hydrogen-bond donors (Lipinski definition) is 3. The van der Waals surface area contributed by atoms with Gasteiger partial charge in [0.1, 0.15) is 18.1 Å². The second-order valence-electron chi connectivity index (χ2n) is 6.52. The number of urea groups is 1. The van der Waals surface area contributed by atoms with E-state index >= 15 is 0 Å². The number of amides is 3. The van der Waals surface area contributed by atoms with E-state index in [2.05, 4.69) is 22.2 Å². The highest BCUT2D eigenvalue weighted by Gasteiger charge is 2.12. The molecule has 1 aromatic heterocycles. The summed E-state index contributed by atoms with van der Waals surface area (Å²) in [6.45, 7) is 0.588. The van der Waals surface area contributed by atoms with Crippen molar-refractivity contribution in [2.75, 3.05) is 12.3 Å². The average Bonchev–Trinajstić information content (AvgIpc) is 3.31. The van der Waals surface area contributed by atoms with Crippen LogP contribution in [0.5, 0.6) is 5.75 Å². The van der Waals surface area contributed by atoms with Crippen molar-refractivity contribution in [2.45, 2.75) is 12.4 Å². The molecule has 0 radical (unpaired) electrons. The monoisotopic (exact) mass is 450 g/mol. The fourth-order valence-electron chi connectivity index (χ4n) is 2.64. The molecule has 0 atom stereocenters. The Morgan fingerprint density at radius 3 is 2.59 bits per heavy atom. The lowest BCUT2D eigenvalue weighted by Gasteiger charge is -2.08. The fourth-order valence-corrected chi connectivity index (χ4v) is 3.50. The third-order valence-electron chi connectivity index (χ3n) is 4.23. The van der Waals surface area contributed by atoms with Gasteiger partial charge in [-0.25, -0.2) is 10.2 Å². The predicted octanol–water partition coefficient (Wildman–Crippen LogP) is 3.61. The number of carbonyl (C=O) groups is 2. The van der Waals surface area contributed by atoms with Crippen molar-refractivity contribution in [3.05, 3.63) is 89.4 Å². The third-order valence-corrected chi connectivity index (χ3v) is 5.23. The van der Waals surface area contributed by atoms with E-state index in [1.807, 2.05) is 48.5 Å². The predicted molar refractivity (Wildman–Crippen MR) is 121 cm³/mol. The maximum Gasteiger partial charge on any atom is 0.333 e. The number of nitriles is 1. The number of rotatable bonds is 9. The van der Waals surface area contributed by atoms with Crippen molar-refractivity contribution in [1.82, 2.24) is 16.2 Å². The number of nitrogens with zero attached hydrogens (tertiary/aromatic N) is 1. The Kier molecular flexibility index (Phi) is 8.60. The minimum atomic E-state index is -0.575. The van der Waals surface area contributed by atoms with Gasteiger partial charge in [-0.3, -0.25) is 10.2 Å². The van der Waals surface area contributed by atoms with Gasteiger partial charge in [0.25, 0.3) is 0 Å². The quantitative estimate of drug-likeness (QED) is 0.339. The average molecular weight is 451 g/mol. The number of hydrazine groups is 1. The molecule has 8 nitrogen and oxygen atoms in total. The molecule has 2 aromatic carbocycles. The standard InChI is InChI=1S/C23H22N4O4S/c24-14-17-6-4-5-7-18(17)16-32-13-12-25-23(29)27-26-22(28)21-11-10-20(31-21)15-30-19-8-2-1-3-9-19/h1-11H,12-13,15-16H2,(H,26,28)(H2,25,27,29). The largest absolute Gasteiger partial charge is 0.486 e. The molecular formula is C23H22N4O4S. The minimum absolute atomic E-state index is 0.0590. The van der Waals surface area contributed by atoms with Gasteiger partial charge in [0.05, 0.1) is 11.6 Å². The van der Waals surface area contributed by atoms with Gasteiger partial charge in [0.2, 0.25) is 0 Å². The number of hydrogen-bond acceptors (Lipinski definition) is 6. The molecule has 9 heteroatoms. The van der Waals surface area contributed by atoms with Gasteiger partial charge in [-0.1, -0.05) is 36.4 Å².